The first-order chi connectivity index (χ1) is 18.8. The molecular formula is C28H29BrN4O6. The molecule has 0 aliphatic carbocycles. The lowest BCUT2D eigenvalue weighted by Gasteiger charge is -2.14. The number of carbonyl (C=O) groups excluding carboxylic acids is 3. The summed E-state index contributed by atoms with van der Waals surface area (Å²) in [4.78, 5) is 36.7. The highest BCUT2D eigenvalue weighted by molar-refractivity contribution is 9.10. The molecule has 0 aliphatic rings. The van der Waals surface area contributed by atoms with Gasteiger partial charge in [0.05, 0.1) is 24.4 Å². The Balaban J connectivity index is 1.54. The Hall–Kier alpha value is -4.38. The molecule has 0 fully saturated rings. The first kappa shape index (κ1) is 29.2. The van der Waals surface area contributed by atoms with Crippen molar-refractivity contribution < 1.29 is 28.6 Å². The molecule has 3 amide bonds. The van der Waals surface area contributed by atoms with Crippen molar-refractivity contribution in [2.24, 2.45) is 5.10 Å². The number of ether oxygens (including phenoxy) is 3. The minimum Gasteiger partial charge on any atom is -0.494 e. The van der Waals surface area contributed by atoms with Gasteiger partial charge < -0.3 is 24.8 Å². The zero-order valence-corrected chi connectivity index (χ0v) is 23.3. The van der Waals surface area contributed by atoms with E-state index in [1.165, 1.54) is 13.3 Å². The van der Waals surface area contributed by atoms with E-state index >= 15 is 0 Å². The third kappa shape index (κ3) is 8.85. The summed E-state index contributed by atoms with van der Waals surface area (Å²) in [6.07, 6.45) is 2.22. The third-order valence-electron chi connectivity index (χ3n) is 5.19. The lowest BCUT2D eigenvalue weighted by atomic mass is 10.2. The molecule has 39 heavy (non-hydrogen) atoms. The number of methoxy groups -OCH3 is 1. The first-order valence-electron chi connectivity index (χ1n) is 12.0. The maximum Gasteiger partial charge on any atom is 0.329 e. The molecule has 0 aromatic heterocycles. The van der Waals surface area contributed by atoms with Crippen LogP contribution < -0.4 is 30.3 Å². The van der Waals surface area contributed by atoms with Crippen LogP contribution in [0.5, 0.6) is 17.2 Å². The molecule has 0 radical (unpaired) electrons. The largest absolute Gasteiger partial charge is 0.494 e. The van der Waals surface area contributed by atoms with Crippen molar-refractivity contribution in [3.63, 3.8) is 0 Å². The highest BCUT2D eigenvalue weighted by Gasteiger charge is 2.15. The van der Waals surface area contributed by atoms with E-state index in [0.29, 0.717) is 45.3 Å². The van der Waals surface area contributed by atoms with Crippen LogP contribution >= 0.6 is 15.9 Å². The van der Waals surface area contributed by atoms with Crippen LogP contribution in [0.1, 0.15) is 24.5 Å². The number of halogens is 1. The van der Waals surface area contributed by atoms with Gasteiger partial charge in [0.2, 0.25) is 0 Å². The number of rotatable bonds is 11. The second kappa shape index (κ2) is 14.5. The Labute approximate surface area is 234 Å². The van der Waals surface area contributed by atoms with Crippen molar-refractivity contribution in [3.05, 3.63) is 76.3 Å². The maximum atomic E-state index is 12.4. The predicted molar refractivity (Wildman–Crippen MR) is 153 cm³/mol. The van der Waals surface area contributed by atoms with Gasteiger partial charge in [-0.3, -0.25) is 14.4 Å². The van der Waals surface area contributed by atoms with Gasteiger partial charge in [0.1, 0.15) is 5.75 Å². The number of hydrazone groups is 1. The number of carbonyl (C=O) groups is 3. The third-order valence-corrected chi connectivity index (χ3v) is 5.78. The SMILES string of the molecule is CCCOc1ccc(NC(=O)C(=O)N/N=C\c2cc(Br)c(OCC(=O)Nc3ccccc3C)c(OC)c2)cc1. The van der Waals surface area contributed by atoms with Gasteiger partial charge in [0.15, 0.2) is 18.1 Å². The van der Waals surface area contributed by atoms with Gasteiger partial charge in [-0.05, 0) is 82.9 Å². The summed E-state index contributed by atoms with van der Waals surface area (Å²) in [5.74, 6) is -0.809. The number of aryl methyl sites for hydroxylation is 1. The molecule has 11 heteroatoms. The van der Waals surface area contributed by atoms with E-state index in [1.54, 1.807) is 42.5 Å². The zero-order chi connectivity index (χ0) is 28.2. The molecule has 3 N–H and O–H groups in total. The molecule has 3 rings (SSSR count). The van der Waals surface area contributed by atoms with Gasteiger partial charge in [-0.1, -0.05) is 25.1 Å². The summed E-state index contributed by atoms with van der Waals surface area (Å²) in [7, 11) is 1.46. The molecule has 10 nitrogen and oxygen atoms in total. The summed E-state index contributed by atoms with van der Waals surface area (Å²) < 4.78 is 17.1. The molecule has 0 atom stereocenters. The van der Waals surface area contributed by atoms with Crippen molar-refractivity contribution >= 4 is 51.2 Å². The van der Waals surface area contributed by atoms with Gasteiger partial charge in [0.25, 0.3) is 5.91 Å². The van der Waals surface area contributed by atoms with Gasteiger partial charge in [0, 0.05) is 11.4 Å². The molecule has 3 aromatic carbocycles. The van der Waals surface area contributed by atoms with Gasteiger partial charge in [-0.15, -0.1) is 0 Å². The fraction of sp³-hybridized carbons (Fsp3) is 0.214. The Morgan fingerprint density at radius 3 is 2.41 bits per heavy atom. The van der Waals surface area contributed by atoms with Crippen LogP contribution in [0.3, 0.4) is 0 Å². The minimum atomic E-state index is -0.941. The van der Waals surface area contributed by atoms with Crippen LogP contribution in [0.25, 0.3) is 0 Å². The predicted octanol–water partition coefficient (Wildman–Crippen LogP) is 4.66. The summed E-state index contributed by atoms with van der Waals surface area (Å²) in [5, 5.41) is 9.14. The summed E-state index contributed by atoms with van der Waals surface area (Å²) in [5.41, 5.74) is 4.81. The van der Waals surface area contributed by atoms with E-state index < -0.39 is 11.8 Å². The number of nitrogens with one attached hydrogen (secondary N) is 3. The smallest absolute Gasteiger partial charge is 0.329 e. The number of nitrogens with zero attached hydrogens (tertiary/aromatic N) is 1. The van der Waals surface area contributed by atoms with E-state index in [4.69, 9.17) is 14.2 Å². The average molecular weight is 597 g/mol. The standard InChI is InChI=1S/C28H29BrN4O6/c1-4-13-38-21-11-9-20(10-12-21)31-27(35)28(36)33-30-16-19-14-22(29)26(24(15-19)37-3)39-17-25(34)32-23-8-6-5-7-18(23)2/h5-12,14-16H,4,13,17H2,1-3H3,(H,31,35)(H,32,34)(H,33,36)/b30-16-. The summed E-state index contributed by atoms with van der Waals surface area (Å²) >= 11 is 3.41. The molecule has 0 saturated heterocycles. The molecule has 0 spiro atoms. The summed E-state index contributed by atoms with van der Waals surface area (Å²) in [6, 6.07) is 17.4. The zero-order valence-electron chi connectivity index (χ0n) is 21.7. The Morgan fingerprint density at radius 1 is 0.974 bits per heavy atom. The number of hydrogen-bond acceptors (Lipinski definition) is 7. The molecule has 3 aromatic rings. The van der Waals surface area contributed by atoms with E-state index in [2.05, 4.69) is 37.1 Å². The molecule has 204 valence electrons. The van der Waals surface area contributed by atoms with Gasteiger partial charge in [-0.2, -0.15) is 5.10 Å². The van der Waals surface area contributed by atoms with Gasteiger partial charge in [-0.25, -0.2) is 5.43 Å². The molecule has 0 saturated carbocycles. The van der Waals surface area contributed by atoms with Crippen LogP contribution in [-0.2, 0) is 14.4 Å². The van der Waals surface area contributed by atoms with Crippen molar-refractivity contribution in [2.45, 2.75) is 20.3 Å². The minimum absolute atomic E-state index is 0.240. The van der Waals surface area contributed by atoms with Crippen molar-refractivity contribution in [1.82, 2.24) is 5.43 Å². The fourth-order valence-electron chi connectivity index (χ4n) is 3.25. The maximum absolute atomic E-state index is 12.4. The molecule has 0 unspecified atom stereocenters. The Bertz CT molecular complexity index is 1340. The number of benzene rings is 3. The van der Waals surface area contributed by atoms with Crippen LogP contribution in [0, 0.1) is 6.92 Å². The first-order valence-corrected chi connectivity index (χ1v) is 12.8. The molecular weight excluding hydrogens is 568 g/mol. The van der Waals surface area contributed by atoms with Crippen molar-refractivity contribution in [1.29, 1.82) is 0 Å². The van der Waals surface area contributed by atoms with Crippen LogP contribution in [0.15, 0.2) is 70.2 Å². The normalized spacial score (nSPS) is 10.6. The topological polar surface area (TPSA) is 127 Å². The second-order valence-corrected chi connectivity index (χ2v) is 9.07. The average Bonchev–Trinajstić information content (AvgIpc) is 2.93. The highest BCUT2D eigenvalue weighted by Crippen LogP contribution is 2.36. The van der Waals surface area contributed by atoms with E-state index in [1.807, 2.05) is 32.0 Å². The van der Waals surface area contributed by atoms with Crippen LogP contribution in [0.4, 0.5) is 11.4 Å². The van der Waals surface area contributed by atoms with Crippen molar-refractivity contribution in [2.75, 3.05) is 31.0 Å². The number of hydrogen-bond donors (Lipinski definition) is 3. The fourth-order valence-corrected chi connectivity index (χ4v) is 3.82. The quantitative estimate of drug-likeness (QED) is 0.168. The van der Waals surface area contributed by atoms with E-state index in [-0.39, 0.29) is 12.5 Å². The second-order valence-electron chi connectivity index (χ2n) is 8.21. The number of anilines is 2. The lowest BCUT2D eigenvalue weighted by Crippen LogP contribution is -2.32. The highest BCUT2D eigenvalue weighted by atomic mass is 79.9. The monoisotopic (exact) mass is 596 g/mol. The van der Waals surface area contributed by atoms with Gasteiger partial charge >= 0.3 is 11.8 Å². The molecule has 0 heterocycles. The van der Waals surface area contributed by atoms with Crippen molar-refractivity contribution in [3.8, 4) is 17.2 Å². The van der Waals surface area contributed by atoms with Crippen LogP contribution in [0.2, 0.25) is 0 Å². The Morgan fingerprint density at radius 2 is 1.72 bits per heavy atom. The lowest BCUT2D eigenvalue weighted by molar-refractivity contribution is -0.136. The summed E-state index contributed by atoms with van der Waals surface area (Å²) in [6.45, 7) is 4.26. The van der Waals surface area contributed by atoms with E-state index in [9.17, 15) is 14.4 Å². The molecule has 0 aliphatic heterocycles. The number of para-hydroxylation sites is 1. The Kier molecular flexibility index (Phi) is 10.9. The van der Waals surface area contributed by atoms with E-state index in [0.717, 1.165) is 12.0 Å². The van der Waals surface area contributed by atoms with Crippen LogP contribution in [-0.4, -0.2) is 44.3 Å². The molecule has 0 bridgehead atoms. The number of amides is 3.